The van der Waals surface area contributed by atoms with Gasteiger partial charge in [-0.1, -0.05) is 21.1 Å². The molecule has 0 radical (unpaired) electrons. The minimum absolute atomic E-state index is 0.100. The molecule has 1 rings (SSSR count). The highest BCUT2D eigenvalue weighted by atomic mass is 79.9. The first-order valence-corrected chi connectivity index (χ1v) is 5.86. The van der Waals surface area contributed by atoms with Gasteiger partial charge < -0.3 is 21.4 Å². The van der Waals surface area contributed by atoms with Crippen LogP contribution in [-0.4, -0.2) is 27.6 Å². The average Bonchev–Trinajstić information content (AvgIpc) is 2.30. The van der Waals surface area contributed by atoms with Crippen LogP contribution in [0, 0.1) is 0 Å². The fourth-order valence-corrected chi connectivity index (χ4v) is 1.59. The zero-order valence-electron chi connectivity index (χ0n) is 9.94. The summed E-state index contributed by atoms with van der Waals surface area (Å²) in [7, 11) is 0. The number of nitrogens with one attached hydrogen (secondary N) is 1. The summed E-state index contributed by atoms with van der Waals surface area (Å²) in [5.74, 6) is -0.804. The van der Waals surface area contributed by atoms with Crippen LogP contribution in [0.1, 0.15) is 24.2 Å². The standard InChI is InChI=1S/C11H14BrN3O3/c1-11(2,10(13)15-18)14-9(17)7-5-6(12)3-4-8(7)16/h3-5,16,18H,1-2H3,(H2,13,15)(H,14,17). The van der Waals surface area contributed by atoms with Crippen LogP contribution < -0.4 is 11.1 Å². The lowest BCUT2D eigenvalue weighted by Crippen LogP contribution is -2.53. The number of halogens is 1. The van der Waals surface area contributed by atoms with E-state index in [0.717, 1.165) is 0 Å². The van der Waals surface area contributed by atoms with Crippen LogP contribution in [0.15, 0.2) is 27.8 Å². The first-order chi connectivity index (χ1) is 8.27. The maximum absolute atomic E-state index is 12.0. The largest absolute Gasteiger partial charge is 0.507 e. The summed E-state index contributed by atoms with van der Waals surface area (Å²) in [4.78, 5) is 12.0. The van der Waals surface area contributed by atoms with Crippen LogP contribution >= 0.6 is 15.9 Å². The molecule has 0 fully saturated rings. The molecule has 0 aliphatic carbocycles. The average molecular weight is 316 g/mol. The van der Waals surface area contributed by atoms with E-state index < -0.39 is 11.4 Å². The topological polar surface area (TPSA) is 108 Å². The summed E-state index contributed by atoms with van der Waals surface area (Å²) in [6.45, 7) is 3.16. The lowest BCUT2D eigenvalue weighted by Gasteiger charge is -2.24. The molecule has 18 heavy (non-hydrogen) atoms. The summed E-state index contributed by atoms with van der Waals surface area (Å²) in [5, 5.41) is 23.6. The summed E-state index contributed by atoms with van der Waals surface area (Å²) < 4.78 is 0.659. The maximum atomic E-state index is 12.0. The van der Waals surface area contributed by atoms with Crippen molar-refractivity contribution in [3.8, 4) is 5.75 Å². The Balaban J connectivity index is 2.99. The molecule has 6 nitrogen and oxygen atoms in total. The Bertz CT molecular complexity index is 500. The molecule has 0 atom stereocenters. The van der Waals surface area contributed by atoms with Crippen LogP contribution in [-0.2, 0) is 0 Å². The van der Waals surface area contributed by atoms with Crippen LogP contribution in [0.25, 0.3) is 0 Å². The fourth-order valence-electron chi connectivity index (χ4n) is 1.23. The molecule has 0 unspecified atom stereocenters. The quantitative estimate of drug-likeness (QED) is 0.293. The van der Waals surface area contributed by atoms with E-state index in [2.05, 4.69) is 26.4 Å². The number of oxime groups is 1. The molecule has 1 amide bonds. The Morgan fingerprint density at radius 3 is 2.67 bits per heavy atom. The van der Waals surface area contributed by atoms with Crippen LogP contribution in [0.5, 0.6) is 5.75 Å². The Morgan fingerprint density at radius 2 is 2.11 bits per heavy atom. The van der Waals surface area contributed by atoms with E-state index in [9.17, 15) is 9.90 Å². The molecule has 0 aliphatic heterocycles. The molecule has 1 aromatic rings. The van der Waals surface area contributed by atoms with Gasteiger partial charge in [0.25, 0.3) is 5.91 Å². The highest BCUT2D eigenvalue weighted by Gasteiger charge is 2.27. The maximum Gasteiger partial charge on any atom is 0.255 e. The van der Waals surface area contributed by atoms with Crippen LogP contribution in [0.4, 0.5) is 0 Å². The lowest BCUT2D eigenvalue weighted by atomic mass is 10.0. The smallest absolute Gasteiger partial charge is 0.255 e. The second kappa shape index (κ2) is 5.26. The number of benzene rings is 1. The predicted molar refractivity (Wildman–Crippen MR) is 70.8 cm³/mol. The van der Waals surface area contributed by atoms with E-state index in [4.69, 9.17) is 10.9 Å². The van der Waals surface area contributed by atoms with E-state index in [-0.39, 0.29) is 17.1 Å². The summed E-state index contributed by atoms with van der Waals surface area (Å²) in [5.41, 5.74) is 4.53. The molecule has 5 N–H and O–H groups in total. The number of phenolic OH excluding ortho intramolecular Hbond substituents is 1. The van der Waals surface area contributed by atoms with Crippen LogP contribution in [0.3, 0.4) is 0 Å². The summed E-state index contributed by atoms with van der Waals surface area (Å²) >= 11 is 3.21. The number of amides is 1. The zero-order valence-corrected chi connectivity index (χ0v) is 11.5. The third-order valence-electron chi connectivity index (χ3n) is 2.38. The Labute approximate surface area is 113 Å². The van der Waals surface area contributed by atoms with Gasteiger partial charge in [-0.05, 0) is 32.0 Å². The predicted octanol–water partition coefficient (Wildman–Crippen LogP) is 1.41. The molecule has 1 aromatic carbocycles. The molecule has 0 saturated carbocycles. The third kappa shape index (κ3) is 3.13. The van der Waals surface area contributed by atoms with Crippen molar-refractivity contribution in [2.45, 2.75) is 19.4 Å². The molecular weight excluding hydrogens is 302 g/mol. The third-order valence-corrected chi connectivity index (χ3v) is 2.87. The second-order valence-electron chi connectivity index (χ2n) is 4.23. The first kappa shape index (κ1) is 14.3. The number of rotatable bonds is 3. The van der Waals surface area contributed by atoms with Gasteiger partial charge in [-0.3, -0.25) is 4.79 Å². The Hall–Kier alpha value is -1.76. The van der Waals surface area contributed by atoms with Gasteiger partial charge >= 0.3 is 0 Å². The number of nitrogens with zero attached hydrogens (tertiary/aromatic N) is 1. The van der Waals surface area contributed by atoms with Gasteiger partial charge in [0.15, 0.2) is 5.84 Å². The van der Waals surface area contributed by atoms with Gasteiger partial charge in [0, 0.05) is 4.47 Å². The number of nitrogens with two attached hydrogens (primary N) is 1. The van der Waals surface area contributed by atoms with Gasteiger partial charge in [0.05, 0.1) is 11.1 Å². The van der Waals surface area contributed by atoms with Gasteiger partial charge in [0.1, 0.15) is 5.75 Å². The molecule has 7 heteroatoms. The fraction of sp³-hybridized carbons (Fsp3) is 0.273. The minimum Gasteiger partial charge on any atom is -0.507 e. The molecule has 0 spiro atoms. The number of phenols is 1. The number of amidine groups is 1. The van der Waals surface area contributed by atoms with Gasteiger partial charge in [-0.2, -0.15) is 0 Å². The molecule has 0 aliphatic rings. The molecule has 0 aromatic heterocycles. The number of hydrogen-bond donors (Lipinski definition) is 4. The monoisotopic (exact) mass is 315 g/mol. The van der Waals surface area contributed by atoms with E-state index in [1.807, 2.05) is 0 Å². The van der Waals surface area contributed by atoms with Crippen molar-refractivity contribution >= 4 is 27.7 Å². The van der Waals surface area contributed by atoms with Crippen molar-refractivity contribution in [2.24, 2.45) is 10.9 Å². The molecule has 0 saturated heterocycles. The van der Waals surface area contributed by atoms with Crippen molar-refractivity contribution in [1.82, 2.24) is 5.32 Å². The Morgan fingerprint density at radius 1 is 1.50 bits per heavy atom. The molecular formula is C11H14BrN3O3. The van der Waals surface area contributed by atoms with Crippen molar-refractivity contribution < 1.29 is 15.1 Å². The highest BCUT2D eigenvalue weighted by molar-refractivity contribution is 9.10. The minimum atomic E-state index is -1.03. The molecule has 0 bridgehead atoms. The second-order valence-corrected chi connectivity index (χ2v) is 5.14. The lowest BCUT2D eigenvalue weighted by molar-refractivity contribution is 0.0928. The summed E-state index contributed by atoms with van der Waals surface area (Å²) in [6, 6.07) is 4.49. The van der Waals surface area contributed by atoms with Crippen molar-refractivity contribution in [3.63, 3.8) is 0 Å². The Kier molecular flexibility index (Phi) is 4.18. The van der Waals surface area contributed by atoms with E-state index in [0.29, 0.717) is 4.47 Å². The van der Waals surface area contributed by atoms with Gasteiger partial charge in [-0.15, -0.1) is 0 Å². The van der Waals surface area contributed by atoms with Crippen molar-refractivity contribution in [1.29, 1.82) is 0 Å². The van der Waals surface area contributed by atoms with Crippen molar-refractivity contribution in [2.75, 3.05) is 0 Å². The zero-order chi connectivity index (χ0) is 13.9. The molecule has 98 valence electrons. The van der Waals surface area contributed by atoms with E-state index >= 15 is 0 Å². The van der Waals surface area contributed by atoms with Crippen LogP contribution in [0.2, 0.25) is 0 Å². The van der Waals surface area contributed by atoms with E-state index in [1.54, 1.807) is 19.9 Å². The number of carbonyl (C=O) groups excluding carboxylic acids is 1. The number of hydrogen-bond acceptors (Lipinski definition) is 4. The number of aromatic hydroxyl groups is 1. The van der Waals surface area contributed by atoms with Gasteiger partial charge in [-0.25, -0.2) is 0 Å². The SMILES string of the molecule is CC(C)(NC(=O)c1cc(Br)ccc1O)/C(N)=N/O. The van der Waals surface area contributed by atoms with Crippen molar-refractivity contribution in [3.05, 3.63) is 28.2 Å². The highest BCUT2D eigenvalue weighted by Crippen LogP contribution is 2.22. The summed E-state index contributed by atoms with van der Waals surface area (Å²) in [6.07, 6.45) is 0. The molecule has 0 heterocycles. The number of carbonyl (C=O) groups is 1. The first-order valence-electron chi connectivity index (χ1n) is 5.07. The van der Waals surface area contributed by atoms with Gasteiger partial charge in [0.2, 0.25) is 0 Å². The normalized spacial score (nSPS) is 12.3. The van der Waals surface area contributed by atoms with E-state index in [1.165, 1.54) is 12.1 Å².